The molecule has 6 heteroatoms. The van der Waals surface area contributed by atoms with E-state index in [9.17, 15) is 10.5 Å². The van der Waals surface area contributed by atoms with E-state index in [2.05, 4.69) is 17.1 Å². The van der Waals surface area contributed by atoms with Crippen LogP contribution in [0.4, 0.5) is 5.82 Å². The molecule has 0 radical (unpaired) electrons. The Morgan fingerprint density at radius 1 is 0.812 bits per heavy atom. The molecule has 0 atom stereocenters. The number of nitrogens with one attached hydrogen (secondary N) is 1. The molecule has 4 aromatic rings. The monoisotopic (exact) mass is 414 g/mol. The second kappa shape index (κ2) is 7.54. The van der Waals surface area contributed by atoms with Crippen LogP contribution in [0.3, 0.4) is 0 Å². The lowest BCUT2D eigenvalue weighted by Gasteiger charge is -2.11. The third-order valence-corrected chi connectivity index (χ3v) is 5.51. The van der Waals surface area contributed by atoms with Gasteiger partial charge in [-0.3, -0.25) is 0 Å². The van der Waals surface area contributed by atoms with E-state index in [1.807, 2.05) is 73.6 Å². The summed E-state index contributed by atoms with van der Waals surface area (Å²) < 4.78 is 0. The Labute approximate surface area is 185 Å². The van der Waals surface area contributed by atoms with Gasteiger partial charge in [-0.15, -0.1) is 0 Å². The van der Waals surface area contributed by atoms with Crippen LogP contribution in [-0.4, -0.2) is 35.7 Å². The first-order valence-electron chi connectivity index (χ1n) is 10.1. The van der Waals surface area contributed by atoms with Crippen molar-refractivity contribution in [3.63, 3.8) is 0 Å². The molecule has 0 saturated heterocycles. The summed E-state index contributed by atoms with van der Waals surface area (Å²) in [6, 6.07) is 25.5. The van der Waals surface area contributed by atoms with Gasteiger partial charge in [0.2, 0.25) is 0 Å². The van der Waals surface area contributed by atoms with Crippen LogP contribution in [-0.2, 0) is 0 Å². The number of benzene rings is 3. The van der Waals surface area contributed by atoms with Crippen molar-refractivity contribution in [1.29, 1.82) is 10.5 Å². The number of nitrogens with zero attached hydrogens (tertiary/aromatic N) is 5. The van der Waals surface area contributed by atoms with Gasteiger partial charge >= 0.3 is 0 Å². The number of nitriles is 2. The molecule has 0 aliphatic carbocycles. The minimum Gasteiger partial charge on any atom is -0.362 e. The number of rotatable bonds is 2. The lowest BCUT2D eigenvalue weighted by molar-refractivity contribution is 0.626. The van der Waals surface area contributed by atoms with Gasteiger partial charge in [0.05, 0.1) is 29.0 Å². The standard InChI is InChI=1S/C26H18N6/c1-32(2)26-20-12-6-5-11-19(20)24(31-26)30-25-22-17(15-28)9-7-13-21(22)23(29-25)18-10-4-3-8-16(18)14-27/h3-13,29H,1-2H3/b30-24-. The van der Waals surface area contributed by atoms with E-state index in [-0.39, 0.29) is 0 Å². The molecule has 0 amide bonds. The fraction of sp³-hybridized carbons (Fsp3) is 0.0769. The second-order valence-electron chi connectivity index (χ2n) is 7.66. The molecule has 5 rings (SSSR count). The molecular weight excluding hydrogens is 396 g/mol. The maximum Gasteiger partial charge on any atom is 0.164 e. The van der Waals surface area contributed by atoms with Gasteiger partial charge in [-0.05, 0) is 12.1 Å². The van der Waals surface area contributed by atoms with Crippen molar-refractivity contribution in [2.45, 2.75) is 0 Å². The number of aliphatic imine (C=N–C) groups is 2. The van der Waals surface area contributed by atoms with Gasteiger partial charge in [0.15, 0.2) is 5.84 Å². The second-order valence-corrected chi connectivity index (χ2v) is 7.66. The third-order valence-electron chi connectivity index (χ3n) is 5.51. The molecule has 0 saturated carbocycles. The van der Waals surface area contributed by atoms with Gasteiger partial charge in [-0.25, -0.2) is 9.98 Å². The number of hydrogen-bond acceptors (Lipinski definition) is 4. The smallest absolute Gasteiger partial charge is 0.164 e. The zero-order valence-corrected chi connectivity index (χ0v) is 17.6. The first kappa shape index (κ1) is 19.3. The number of aromatic amines is 1. The van der Waals surface area contributed by atoms with Crippen molar-refractivity contribution in [3.05, 3.63) is 89.0 Å². The van der Waals surface area contributed by atoms with Crippen molar-refractivity contribution in [2.24, 2.45) is 9.98 Å². The van der Waals surface area contributed by atoms with E-state index in [1.54, 1.807) is 12.1 Å². The van der Waals surface area contributed by atoms with Crippen LogP contribution in [0.1, 0.15) is 22.3 Å². The van der Waals surface area contributed by atoms with Crippen LogP contribution >= 0.6 is 0 Å². The lowest BCUT2D eigenvalue weighted by Crippen LogP contribution is -2.21. The normalized spacial score (nSPS) is 13.5. The zero-order valence-electron chi connectivity index (χ0n) is 17.6. The van der Waals surface area contributed by atoms with Gasteiger partial charge in [-0.1, -0.05) is 54.6 Å². The van der Waals surface area contributed by atoms with Gasteiger partial charge in [0.25, 0.3) is 0 Å². The minimum atomic E-state index is 0.516. The SMILES string of the molecule is CN(C)C1=N/C(=N\c2[nH]c(-c3ccccc3C#N)c3cccc(C#N)c23)c2ccccc21. The summed E-state index contributed by atoms with van der Waals surface area (Å²) in [5.41, 5.74) is 4.55. The number of hydrogen-bond donors (Lipinski definition) is 1. The van der Waals surface area contributed by atoms with E-state index in [0.717, 1.165) is 39.0 Å². The summed E-state index contributed by atoms with van der Waals surface area (Å²) >= 11 is 0. The van der Waals surface area contributed by atoms with Gasteiger partial charge in [-0.2, -0.15) is 10.5 Å². The van der Waals surface area contributed by atoms with Crippen molar-refractivity contribution >= 4 is 28.3 Å². The van der Waals surface area contributed by atoms with Crippen molar-refractivity contribution < 1.29 is 0 Å². The molecule has 0 spiro atoms. The highest BCUT2D eigenvalue weighted by atomic mass is 15.2. The minimum absolute atomic E-state index is 0.516. The number of fused-ring (bicyclic) bond motifs is 2. The molecule has 2 heterocycles. The lowest BCUT2D eigenvalue weighted by atomic mass is 10.0. The first-order valence-corrected chi connectivity index (χ1v) is 10.1. The highest BCUT2D eigenvalue weighted by Crippen LogP contribution is 2.39. The molecule has 0 bridgehead atoms. The maximum absolute atomic E-state index is 9.78. The summed E-state index contributed by atoms with van der Waals surface area (Å²) in [4.78, 5) is 15.0. The number of H-pyrrole nitrogens is 1. The molecule has 1 aliphatic heterocycles. The first-order chi connectivity index (χ1) is 15.6. The molecule has 6 nitrogen and oxygen atoms in total. The third kappa shape index (κ3) is 2.94. The molecule has 3 aromatic carbocycles. The quantitative estimate of drug-likeness (QED) is 0.501. The molecule has 1 N–H and O–H groups in total. The van der Waals surface area contributed by atoms with Crippen molar-refractivity contribution in [3.8, 4) is 23.4 Å². The van der Waals surface area contributed by atoms with E-state index >= 15 is 0 Å². The Morgan fingerprint density at radius 3 is 2.19 bits per heavy atom. The topological polar surface area (TPSA) is 91.3 Å². The van der Waals surface area contributed by atoms with E-state index in [4.69, 9.17) is 9.98 Å². The molecule has 1 aliphatic rings. The van der Waals surface area contributed by atoms with E-state index in [1.165, 1.54) is 0 Å². The zero-order chi connectivity index (χ0) is 22.2. The average Bonchev–Trinajstić information content (AvgIpc) is 3.38. The Morgan fingerprint density at radius 2 is 1.47 bits per heavy atom. The Kier molecular flexibility index (Phi) is 4.54. The van der Waals surface area contributed by atoms with Gasteiger partial charge in [0, 0.05) is 41.6 Å². The van der Waals surface area contributed by atoms with Gasteiger partial charge in [0.1, 0.15) is 11.7 Å². The number of aromatic nitrogens is 1. The maximum atomic E-state index is 9.78. The largest absolute Gasteiger partial charge is 0.362 e. The van der Waals surface area contributed by atoms with Crippen LogP contribution in [0, 0.1) is 22.7 Å². The Bertz CT molecular complexity index is 1520. The summed E-state index contributed by atoms with van der Waals surface area (Å²) in [5.74, 6) is 1.97. The highest BCUT2D eigenvalue weighted by molar-refractivity contribution is 6.23. The summed E-state index contributed by atoms with van der Waals surface area (Å²) in [6.45, 7) is 0. The molecule has 152 valence electrons. The molecule has 1 aromatic heterocycles. The van der Waals surface area contributed by atoms with Crippen LogP contribution in [0.25, 0.3) is 22.0 Å². The van der Waals surface area contributed by atoms with Crippen LogP contribution < -0.4 is 0 Å². The fourth-order valence-corrected chi connectivity index (χ4v) is 4.08. The van der Waals surface area contributed by atoms with E-state index in [0.29, 0.717) is 22.8 Å². The van der Waals surface area contributed by atoms with Crippen LogP contribution in [0.5, 0.6) is 0 Å². The molecular formula is C26H18N6. The Balaban J connectivity index is 1.80. The summed E-state index contributed by atoms with van der Waals surface area (Å²) in [6.07, 6.45) is 0. The predicted molar refractivity (Wildman–Crippen MR) is 126 cm³/mol. The molecule has 32 heavy (non-hydrogen) atoms. The summed E-state index contributed by atoms with van der Waals surface area (Å²) in [5, 5.41) is 20.9. The molecule has 0 unspecified atom stereocenters. The predicted octanol–water partition coefficient (Wildman–Crippen LogP) is 4.98. The summed E-state index contributed by atoms with van der Waals surface area (Å²) in [7, 11) is 3.90. The highest BCUT2D eigenvalue weighted by Gasteiger charge is 2.24. The average molecular weight is 414 g/mol. The Hall–Kier alpha value is -4.68. The van der Waals surface area contributed by atoms with Crippen LogP contribution in [0.2, 0.25) is 0 Å². The molecule has 0 fully saturated rings. The van der Waals surface area contributed by atoms with Crippen molar-refractivity contribution in [1.82, 2.24) is 9.88 Å². The van der Waals surface area contributed by atoms with E-state index < -0.39 is 0 Å². The van der Waals surface area contributed by atoms with Crippen molar-refractivity contribution in [2.75, 3.05) is 14.1 Å². The van der Waals surface area contributed by atoms with Gasteiger partial charge < -0.3 is 9.88 Å². The number of amidine groups is 2. The fourth-order valence-electron chi connectivity index (χ4n) is 4.08. The van der Waals surface area contributed by atoms with Crippen LogP contribution in [0.15, 0.2) is 76.7 Å².